The van der Waals surface area contributed by atoms with Crippen LogP contribution in [0.25, 0.3) is 0 Å². The molecule has 0 saturated heterocycles. The molecule has 0 spiro atoms. The third kappa shape index (κ3) is 4.50. The molecule has 0 aliphatic rings. The van der Waals surface area contributed by atoms with Crippen molar-refractivity contribution in [3.63, 3.8) is 0 Å². The summed E-state index contributed by atoms with van der Waals surface area (Å²) >= 11 is 0. The van der Waals surface area contributed by atoms with Crippen molar-refractivity contribution < 1.29 is 0 Å². The van der Waals surface area contributed by atoms with Crippen LogP contribution in [0.3, 0.4) is 0 Å². The van der Waals surface area contributed by atoms with E-state index in [0.717, 1.165) is 31.9 Å². The normalized spacial score (nSPS) is 13.9. The van der Waals surface area contributed by atoms with Crippen LogP contribution in [0.1, 0.15) is 46.9 Å². The Kier molecular flexibility index (Phi) is 5.19. The summed E-state index contributed by atoms with van der Waals surface area (Å²) in [4.78, 5) is 4.39. The number of hydrogen-bond donors (Lipinski definition) is 1. The van der Waals surface area contributed by atoms with E-state index in [9.17, 15) is 0 Å². The molecule has 0 bridgehead atoms. The molecule has 1 heterocycles. The van der Waals surface area contributed by atoms with Gasteiger partial charge in [-0.15, -0.1) is 0 Å². The van der Waals surface area contributed by atoms with Gasteiger partial charge in [-0.3, -0.25) is 0 Å². The standard InChI is InChI=1S/C14H27N3/c1-6-8-17-9-7-16-13(17)11-15-10-12(2)14(3,4)5/h7,9,12,15H,6,8,10-11H2,1-5H3. The van der Waals surface area contributed by atoms with E-state index in [4.69, 9.17) is 0 Å². The summed E-state index contributed by atoms with van der Waals surface area (Å²) < 4.78 is 2.23. The first kappa shape index (κ1) is 14.2. The van der Waals surface area contributed by atoms with Crippen molar-refractivity contribution in [3.05, 3.63) is 18.2 Å². The maximum Gasteiger partial charge on any atom is 0.122 e. The van der Waals surface area contributed by atoms with Gasteiger partial charge in [0.25, 0.3) is 0 Å². The Morgan fingerprint density at radius 1 is 1.41 bits per heavy atom. The van der Waals surface area contributed by atoms with Crippen LogP contribution in [0.5, 0.6) is 0 Å². The summed E-state index contributed by atoms with van der Waals surface area (Å²) in [6, 6.07) is 0. The number of hydrogen-bond acceptors (Lipinski definition) is 2. The third-order valence-corrected chi connectivity index (χ3v) is 3.48. The highest BCUT2D eigenvalue weighted by Crippen LogP contribution is 2.24. The molecule has 98 valence electrons. The van der Waals surface area contributed by atoms with Crippen LogP contribution < -0.4 is 5.32 Å². The summed E-state index contributed by atoms with van der Waals surface area (Å²) in [5, 5.41) is 3.51. The van der Waals surface area contributed by atoms with Crippen LogP contribution in [-0.4, -0.2) is 16.1 Å². The molecule has 1 N–H and O–H groups in total. The molecule has 0 amide bonds. The van der Waals surface area contributed by atoms with Crippen LogP contribution >= 0.6 is 0 Å². The van der Waals surface area contributed by atoms with Gasteiger partial charge in [0.05, 0.1) is 6.54 Å². The van der Waals surface area contributed by atoms with Crippen molar-refractivity contribution in [2.45, 2.75) is 54.1 Å². The molecular weight excluding hydrogens is 210 g/mol. The second-order valence-corrected chi connectivity index (χ2v) is 5.93. The number of aromatic nitrogens is 2. The summed E-state index contributed by atoms with van der Waals surface area (Å²) in [5.41, 5.74) is 0.367. The summed E-state index contributed by atoms with van der Waals surface area (Å²) in [7, 11) is 0. The smallest absolute Gasteiger partial charge is 0.122 e. The van der Waals surface area contributed by atoms with E-state index >= 15 is 0 Å². The second-order valence-electron chi connectivity index (χ2n) is 5.93. The van der Waals surface area contributed by atoms with Crippen molar-refractivity contribution in [1.29, 1.82) is 0 Å². The third-order valence-electron chi connectivity index (χ3n) is 3.48. The molecule has 1 aromatic heterocycles. The van der Waals surface area contributed by atoms with Gasteiger partial charge in [-0.1, -0.05) is 34.6 Å². The van der Waals surface area contributed by atoms with E-state index in [-0.39, 0.29) is 0 Å². The Labute approximate surface area is 106 Å². The van der Waals surface area contributed by atoms with Gasteiger partial charge in [0.15, 0.2) is 0 Å². The minimum atomic E-state index is 0.367. The molecule has 0 saturated carbocycles. The van der Waals surface area contributed by atoms with E-state index in [0.29, 0.717) is 11.3 Å². The first-order valence-corrected chi connectivity index (χ1v) is 6.66. The molecule has 0 aromatic carbocycles. The largest absolute Gasteiger partial charge is 0.334 e. The molecule has 1 aromatic rings. The van der Waals surface area contributed by atoms with E-state index in [1.807, 2.05) is 6.20 Å². The molecule has 1 unspecified atom stereocenters. The van der Waals surface area contributed by atoms with Crippen LogP contribution in [0, 0.1) is 11.3 Å². The Morgan fingerprint density at radius 3 is 2.71 bits per heavy atom. The lowest BCUT2D eigenvalue weighted by molar-refractivity contribution is 0.251. The Morgan fingerprint density at radius 2 is 2.12 bits per heavy atom. The molecular formula is C14H27N3. The minimum Gasteiger partial charge on any atom is -0.334 e. The molecule has 3 nitrogen and oxygen atoms in total. The van der Waals surface area contributed by atoms with Crippen LogP contribution in [-0.2, 0) is 13.1 Å². The molecule has 0 radical (unpaired) electrons. The van der Waals surface area contributed by atoms with E-state index < -0.39 is 0 Å². The van der Waals surface area contributed by atoms with E-state index in [1.54, 1.807) is 0 Å². The van der Waals surface area contributed by atoms with Crippen molar-refractivity contribution >= 4 is 0 Å². The molecule has 1 atom stereocenters. The van der Waals surface area contributed by atoms with E-state index in [1.165, 1.54) is 0 Å². The average molecular weight is 237 g/mol. The zero-order chi connectivity index (χ0) is 12.9. The SMILES string of the molecule is CCCn1ccnc1CNCC(C)C(C)(C)C. The molecule has 0 aliphatic heterocycles. The monoisotopic (exact) mass is 237 g/mol. The van der Waals surface area contributed by atoms with E-state index in [2.05, 4.69) is 55.7 Å². The summed E-state index contributed by atoms with van der Waals surface area (Å²) in [6.45, 7) is 14.3. The van der Waals surface area contributed by atoms with Gasteiger partial charge in [0.1, 0.15) is 5.82 Å². The predicted octanol–water partition coefficient (Wildman–Crippen LogP) is 3.06. The minimum absolute atomic E-state index is 0.367. The number of aryl methyl sites for hydroxylation is 1. The Hall–Kier alpha value is -0.830. The van der Waals surface area contributed by atoms with Crippen molar-refractivity contribution in [2.24, 2.45) is 11.3 Å². The van der Waals surface area contributed by atoms with Gasteiger partial charge >= 0.3 is 0 Å². The van der Waals surface area contributed by atoms with Crippen molar-refractivity contribution in [1.82, 2.24) is 14.9 Å². The van der Waals surface area contributed by atoms with Crippen LogP contribution in [0.15, 0.2) is 12.4 Å². The van der Waals surface area contributed by atoms with Gasteiger partial charge in [0, 0.05) is 18.9 Å². The van der Waals surface area contributed by atoms with Crippen LogP contribution in [0.4, 0.5) is 0 Å². The topological polar surface area (TPSA) is 29.9 Å². The molecule has 1 rings (SSSR count). The van der Waals surface area contributed by atoms with Crippen LogP contribution in [0.2, 0.25) is 0 Å². The van der Waals surface area contributed by atoms with Crippen molar-refractivity contribution in [3.8, 4) is 0 Å². The zero-order valence-corrected chi connectivity index (χ0v) is 12.0. The van der Waals surface area contributed by atoms with Gasteiger partial charge in [-0.25, -0.2) is 4.98 Å². The molecule has 0 fully saturated rings. The van der Waals surface area contributed by atoms with Gasteiger partial charge < -0.3 is 9.88 Å². The lowest BCUT2D eigenvalue weighted by Gasteiger charge is -2.27. The lowest BCUT2D eigenvalue weighted by atomic mass is 9.82. The van der Waals surface area contributed by atoms with Gasteiger partial charge in [0.2, 0.25) is 0 Å². The maximum atomic E-state index is 4.39. The zero-order valence-electron chi connectivity index (χ0n) is 12.0. The Bertz CT molecular complexity index is 322. The number of nitrogens with one attached hydrogen (secondary N) is 1. The summed E-state index contributed by atoms with van der Waals surface area (Å²) in [5.74, 6) is 1.81. The average Bonchev–Trinajstić information content (AvgIpc) is 2.65. The predicted molar refractivity (Wildman–Crippen MR) is 72.8 cm³/mol. The number of rotatable bonds is 6. The summed E-state index contributed by atoms with van der Waals surface area (Å²) in [6.07, 6.45) is 5.11. The van der Waals surface area contributed by atoms with Gasteiger partial charge in [-0.05, 0) is 24.3 Å². The maximum absolute atomic E-state index is 4.39. The first-order valence-electron chi connectivity index (χ1n) is 6.66. The lowest BCUT2D eigenvalue weighted by Crippen LogP contribution is -2.30. The molecule has 0 aliphatic carbocycles. The highest BCUT2D eigenvalue weighted by molar-refractivity contribution is 4.92. The first-order chi connectivity index (χ1) is 7.95. The highest BCUT2D eigenvalue weighted by atomic mass is 15.1. The fourth-order valence-electron chi connectivity index (χ4n) is 1.66. The highest BCUT2D eigenvalue weighted by Gasteiger charge is 2.19. The number of nitrogens with zero attached hydrogens (tertiary/aromatic N) is 2. The van der Waals surface area contributed by atoms with Gasteiger partial charge in [-0.2, -0.15) is 0 Å². The molecule has 17 heavy (non-hydrogen) atoms. The fourth-order valence-corrected chi connectivity index (χ4v) is 1.66. The number of imidazole rings is 1. The van der Waals surface area contributed by atoms with Crippen molar-refractivity contribution in [2.75, 3.05) is 6.54 Å². The Balaban J connectivity index is 2.38. The fraction of sp³-hybridized carbons (Fsp3) is 0.786. The molecule has 3 heteroatoms. The quantitative estimate of drug-likeness (QED) is 0.824. The second kappa shape index (κ2) is 6.20.